The van der Waals surface area contributed by atoms with Gasteiger partial charge in [-0.2, -0.15) is 0 Å². The highest BCUT2D eigenvalue weighted by Crippen LogP contribution is 2.31. The van der Waals surface area contributed by atoms with Crippen molar-refractivity contribution in [2.75, 3.05) is 18.4 Å². The van der Waals surface area contributed by atoms with Gasteiger partial charge in [-0.25, -0.2) is 9.78 Å². The summed E-state index contributed by atoms with van der Waals surface area (Å²) in [6, 6.07) is 8.92. The van der Waals surface area contributed by atoms with Crippen LogP contribution in [0.15, 0.2) is 34.8 Å². The summed E-state index contributed by atoms with van der Waals surface area (Å²) >= 11 is 3.55. The minimum atomic E-state index is -1.07. The Bertz CT molecular complexity index is 1070. The molecular weight excluding hydrogens is 500 g/mol. The number of carbonyl (C=O) groups excluding carboxylic acids is 1. The average Bonchev–Trinajstić information content (AvgIpc) is 3.18. The fourth-order valence-corrected chi connectivity index (χ4v) is 5.33. The quantitative estimate of drug-likeness (QED) is 0.524. The molecule has 34 heavy (non-hydrogen) atoms. The summed E-state index contributed by atoms with van der Waals surface area (Å²) < 4.78 is 1.11. The number of amides is 1. The van der Waals surface area contributed by atoms with Crippen molar-refractivity contribution >= 4 is 33.6 Å². The molecule has 3 heterocycles. The van der Waals surface area contributed by atoms with E-state index in [1.165, 1.54) is 23.3 Å². The predicted molar refractivity (Wildman–Crippen MR) is 133 cm³/mol. The van der Waals surface area contributed by atoms with E-state index in [-0.39, 0.29) is 23.3 Å². The molecule has 1 unspecified atom stereocenters. The molecule has 2 saturated heterocycles. The van der Waals surface area contributed by atoms with Crippen molar-refractivity contribution in [3.05, 3.63) is 57.2 Å². The predicted octanol–water partition coefficient (Wildman–Crippen LogP) is 3.55. The zero-order valence-corrected chi connectivity index (χ0v) is 21.1. The third-order valence-electron chi connectivity index (χ3n) is 6.76. The van der Waals surface area contributed by atoms with Gasteiger partial charge in [0.25, 0.3) is 0 Å². The van der Waals surface area contributed by atoms with E-state index in [4.69, 9.17) is 0 Å². The molecule has 2 aliphatic heterocycles. The first-order valence-corrected chi connectivity index (χ1v) is 12.5. The molecule has 0 aliphatic carbocycles. The largest absolute Gasteiger partial charge is 0.478 e. The second-order valence-corrected chi connectivity index (χ2v) is 10.1. The van der Waals surface area contributed by atoms with E-state index < -0.39 is 18.2 Å². The van der Waals surface area contributed by atoms with Crippen LogP contribution < -0.4 is 5.32 Å². The van der Waals surface area contributed by atoms with Crippen LogP contribution in [-0.4, -0.2) is 68.3 Å². The number of nitrogens with zero attached hydrogens (tertiary/aromatic N) is 3. The number of aryl methyl sites for hydroxylation is 2. The van der Waals surface area contributed by atoms with Crippen molar-refractivity contribution in [3.8, 4) is 0 Å². The monoisotopic (exact) mass is 530 g/mol. The fourth-order valence-electron chi connectivity index (χ4n) is 5.08. The molecule has 2 atom stereocenters. The Morgan fingerprint density at radius 3 is 2.53 bits per heavy atom. The summed E-state index contributed by atoms with van der Waals surface area (Å²) in [4.78, 5) is 33.1. The average molecular weight is 531 g/mol. The lowest BCUT2D eigenvalue weighted by Gasteiger charge is -2.40. The number of carboxylic acids is 1. The topological polar surface area (TPSA) is 106 Å². The molecule has 8 nitrogen and oxygen atoms in total. The van der Waals surface area contributed by atoms with Crippen LogP contribution in [0.3, 0.4) is 0 Å². The van der Waals surface area contributed by atoms with Crippen LogP contribution in [0.5, 0.6) is 0 Å². The summed E-state index contributed by atoms with van der Waals surface area (Å²) in [7, 11) is 0. The standard InChI is InChI=1S/C25H31BrN4O4/c1-15-11-17(3-4-20(15)26)14-29-9-7-19(8-10-29)30-21(5-6-23(30)31)24(32)28-22-13-18(25(33)34)12-16(2)27-22/h3-4,11-13,19,21,23,31H,5-10,14H2,1-2H3,(H,33,34)(H,27,28,32)/t21-,23?/m1/s1. The lowest BCUT2D eigenvalue weighted by molar-refractivity contribution is -0.125. The minimum absolute atomic E-state index is 0.0828. The first kappa shape index (κ1) is 24.8. The number of hydrogen-bond donors (Lipinski definition) is 3. The van der Waals surface area contributed by atoms with Crippen LogP contribution in [0.4, 0.5) is 5.82 Å². The number of hydrogen-bond acceptors (Lipinski definition) is 6. The van der Waals surface area contributed by atoms with E-state index in [1.54, 1.807) is 6.92 Å². The second kappa shape index (κ2) is 10.5. The molecule has 4 rings (SSSR count). The maximum Gasteiger partial charge on any atom is 0.335 e. The zero-order valence-electron chi connectivity index (χ0n) is 19.5. The minimum Gasteiger partial charge on any atom is -0.478 e. The van der Waals surface area contributed by atoms with Crippen molar-refractivity contribution < 1.29 is 19.8 Å². The molecular formula is C25H31BrN4O4. The van der Waals surface area contributed by atoms with Crippen LogP contribution in [0, 0.1) is 13.8 Å². The van der Waals surface area contributed by atoms with E-state index >= 15 is 0 Å². The van der Waals surface area contributed by atoms with Crippen LogP contribution in [0.25, 0.3) is 0 Å². The number of halogens is 1. The molecule has 9 heteroatoms. The highest BCUT2D eigenvalue weighted by Gasteiger charge is 2.42. The fraction of sp³-hybridized carbons (Fsp3) is 0.480. The maximum atomic E-state index is 13.1. The summed E-state index contributed by atoms with van der Waals surface area (Å²) in [6.45, 7) is 6.47. The van der Waals surface area contributed by atoms with E-state index in [0.717, 1.165) is 36.9 Å². The zero-order chi connectivity index (χ0) is 24.4. The SMILES string of the molecule is Cc1cc(C(=O)O)cc(NC(=O)[C@H]2CCC(O)N2C2CCN(Cc3ccc(Br)c(C)c3)CC2)n1. The molecule has 0 bridgehead atoms. The van der Waals surface area contributed by atoms with E-state index in [0.29, 0.717) is 18.5 Å². The van der Waals surface area contributed by atoms with Crippen LogP contribution in [0.2, 0.25) is 0 Å². The van der Waals surface area contributed by atoms with Crippen LogP contribution in [0.1, 0.15) is 52.9 Å². The molecule has 182 valence electrons. The van der Waals surface area contributed by atoms with Gasteiger partial charge < -0.3 is 15.5 Å². The van der Waals surface area contributed by atoms with Gasteiger partial charge in [0.05, 0.1) is 11.6 Å². The number of carboxylic acid groups (broad SMARTS) is 1. The van der Waals surface area contributed by atoms with Gasteiger partial charge in [0, 0.05) is 22.8 Å². The van der Waals surface area contributed by atoms with Gasteiger partial charge in [0.2, 0.25) is 5.91 Å². The highest BCUT2D eigenvalue weighted by molar-refractivity contribution is 9.10. The molecule has 3 N–H and O–H groups in total. The Morgan fingerprint density at radius 1 is 1.12 bits per heavy atom. The first-order valence-electron chi connectivity index (χ1n) is 11.7. The number of aromatic nitrogens is 1. The van der Waals surface area contributed by atoms with Crippen molar-refractivity contribution in [2.24, 2.45) is 0 Å². The normalized spacial score (nSPS) is 22.1. The van der Waals surface area contributed by atoms with Gasteiger partial charge in [-0.1, -0.05) is 28.1 Å². The van der Waals surface area contributed by atoms with Gasteiger partial charge in [0.15, 0.2) is 0 Å². The summed E-state index contributed by atoms with van der Waals surface area (Å²) in [5.74, 6) is -1.09. The molecule has 1 aromatic heterocycles. The number of likely N-dealkylation sites (tertiary alicyclic amines) is 2. The smallest absolute Gasteiger partial charge is 0.335 e. The van der Waals surface area contributed by atoms with Crippen LogP contribution >= 0.6 is 15.9 Å². The van der Waals surface area contributed by atoms with Gasteiger partial charge in [-0.3, -0.25) is 14.6 Å². The van der Waals surface area contributed by atoms with Crippen molar-refractivity contribution in [1.82, 2.24) is 14.8 Å². The maximum absolute atomic E-state index is 13.1. The summed E-state index contributed by atoms with van der Waals surface area (Å²) in [5, 5.41) is 22.7. The van der Waals surface area contributed by atoms with Gasteiger partial charge in [-0.15, -0.1) is 0 Å². The Kier molecular flexibility index (Phi) is 7.67. The van der Waals surface area contributed by atoms with E-state index in [9.17, 15) is 19.8 Å². The Labute approximate surface area is 208 Å². The first-order chi connectivity index (χ1) is 16.2. The number of rotatable bonds is 6. The number of aliphatic hydroxyl groups is 1. The Balaban J connectivity index is 1.38. The molecule has 2 aromatic rings. The van der Waals surface area contributed by atoms with Gasteiger partial charge in [0.1, 0.15) is 12.0 Å². The van der Waals surface area contributed by atoms with Crippen molar-refractivity contribution in [1.29, 1.82) is 0 Å². The van der Waals surface area contributed by atoms with Crippen molar-refractivity contribution in [3.63, 3.8) is 0 Å². The summed E-state index contributed by atoms with van der Waals surface area (Å²) in [6.07, 6.45) is 2.20. The molecule has 0 saturated carbocycles. The molecule has 1 amide bonds. The van der Waals surface area contributed by atoms with E-state index in [1.807, 2.05) is 4.90 Å². The highest BCUT2D eigenvalue weighted by atomic mass is 79.9. The van der Waals surface area contributed by atoms with Gasteiger partial charge >= 0.3 is 5.97 Å². The number of aliphatic hydroxyl groups excluding tert-OH is 1. The molecule has 0 spiro atoms. The number of benzene rings is 1. The Morgan fingerprint density at radius 2 is 1.85 bits per heavy atom. The molecule has 0 radical (unpaired) electrons. The number of nitrogens with one attached hydrogen (secondary N) is 1. The van der Waals surface area contributed by atoms with Crippen LogP contribution in [-0.2, 0) is 11.3 Å². The molecule has 2 aliphatic rings. The number of anilines is 1. The third-order valence-corrected chi connectivity index (χ3v) is 7.65. The van der Waals surface area contributed by atoms with E-state index in [2.05, 4.69) is 56.3 Å². The van der Waals surface area contributed by atoms with Gasteiger partial charge in [-0.05, 0) is 81.9 Å². The number of pyridine rings is 1. The lowest BCUT2D eigenvalue weighted by Crippen LogP contribution is -2.52. The lowest BCUT2D eigenvalue weighted by atomic mass is 10.0. The molecule has 1 aromatic carbocycles. The number of aromatic carboxylic acids is 1. The summed E-state index contributed by atoms with van der Waals surface area (Å²) in [5.41, 5.74) is 3.11. The second-order valence-electron chi connectivity index (χ2n) is 9.29. The molecule has 2 fully saturated rings. The third kappa shape index (κ3) is 5.66. The number of carbonyl (C=O) groups is 2. The Hall–Kier alpha value is -2.33. The van der Waals surface area contributed by atoms with Crippen molar-refractivity contribution in [2.45, 2.75) is 64.4 Å². The number of piperidine rings is 1.